The van der Waals surface area contributed by atoms with E-state index in [0.717, 1.165) is 30.6 Å². The molecule has 1 aliphatic heterocycles. The summed E-state index contributed by atoms with van der Waals surface area (Å²) in [6.07, 6.45) is 12.5. The van der Waals surface area contributed by atoms with Gasteiger partial charge in [-0.05, 0) is 37.5 Å². The third kappa shape index (κ3) is 2.65. The number of aliphatic hydroxyl groups excluding tert-OH is 1. The summed E-state index contributed by atoms with van der Waals surface area (Å²) in [5, 5.41) is 14.4. The molecule has 1 aliphatic carbocycles. The van der Waals surface area contributed by atoms with Crippen molar-refractivity contribution in [3.8, 4) is 0 Å². The van der Waals surface area contributed by atoms with Crippen molar-refractivity contribution in [1.82, 2.24) is 0 Å². The van der Waals surface area contributed by atoms with Crippen molar-refractivity contribution in [3.05, 3.63) is 4.91 Å². The van der Waals surface area contributed by atoms with Crippen LogP contribution in [0.15, 0.2) is 5.10 Å². The Morgan fingerprint density at radius 1 is 1.04 bits per heavy atom. The molecule has 1 unspecified atom stereocenters. The monoisotopic (exact) mass is 337 g/mol. The average molecular weight is 338 g/mol. The van der Waals surface area contributed by atoms with Crippen LogP contribution in [-0.2, 0) is 0 Å². The second-order valence-electron chi connectivity index (χ2n) is 7.97. The summed E-state index contributed by atoms with van der Waals surface area (Å²) in [4.78, 5) is 14.1. The molecule has 1 saturated carbocycles. The van der Waals surface area contributed by atoms with Gasteiger partial charge in [0.15, 0.2) is 4.87 Å². The van der Waals surface area contributed by atoms with Crippen molar-refractivity contribution >= 4 is 6.21 Å². The molecule has 1 N–H and O–H groups in total. The van der Waals surface area contributed by atoms with Gasteiger partial charge in [-0.25, -0.2) is 0 Å². The lowest BCUT2D eigenvalue weighted by molar-refractivity contribution is -0.646. The van der Waals surface area contributed by atoms with Crippen LogP contribution in [0.5, 0.6) is 0 Å². The lowest BCUT2D eigenvalue weighted by Gasteiger charge is -2.55. The molecule has 1 heterocycles. The number of nitroso groups, excluding NO2 is 1. The number of aliphatic hydroxyl groups is 1. The minimum atomic E-state index is -0.483. The highest BCUT2D eigenvalue weighted by Gasteiger charge is 2.65. The van der Waals surface area contributed by atoms with E-state index in [1.54, 1.807) is 0 Å². The number of rotatable bonds is 6. The van der Waals surface area contributed by atoms with Gasteiger partial charge in [0, 0.05) is 35.9 Å². The van der Waals surface area contributed by atoms with Crippen LogP contribution in [0.3, 0.4) is 0 Å². The zero-order valence-corrected chi connectivity index (χ0v) is 16.2. The van der Waals surface area contributed by atoms with Gasteiger partial charge in [-0.15, -0.1) is 0 Å². The molecule has 1 fully saturated rings. The Kier molecular flexibility index (Phi) is 6.22. The Morgan fingerprint density at radius 3 is 2.08 bits per heavy atom. The summed E-state index contributed by atoms with van der Waals surface area (Å²) >= 11 is 0. The fourth-order valence-corrected chi connectivity index (χ4v) is 6.25. The molecule has 24 heavy (non-hydrogen) atoms. The van der Waals surface area contributed by atoms with E-state index >= 15 is 0 Å². The first-order valence-corrected chi connectivity index (χ1v) is 10.2. The molecule has 0 aromatic rings. The largest absolute Gasteiger partial charge is 0.396 e. The smallest absolute Gasteiger partial charge is 0.249 e. The van der Waals surface area contributed by atoms with E-state index in [1.165, 1.54) is 32.1 Å². The highest BCUT2D eigenvalue weighted by molar-refractivity contribution is 5.67. The summed E-state index contributed by atoms with van der Waals surface area (Å²) in [7, 11) is 0. The maximum Gasteiger partial charge on any atom is 0.249 e. The van der Waals surface area contributed by atoms with Crippen LogP contribution < -0.4 is 0 Å². The van der Waals surface area contributed by atoms with E-state index in [-0.39, 0.29) is 23.4 Å². The SMILES string of the molecule is CCC1(CC)C(CCO)C2(CCCCC2)C(CC)(CC)C=N[N+]1=O. The molecule has 0 radical (unpaired) electrons. The van der Waals surface area contributed by atoms with Crippen molar-refractivity contribution in [2.24, 2.45) is 21.8 Å². The molecule has 0 aromatic carbocycles. The Morgan fingerprint density at radius 2 is 1.62 bits per heavy atom. The highest BCUT2D eigenvalue weighted by atomic mass is 16.3. The Bertz CT molecular complexity index is 458. The number of hydrogen-bond donors (Lipinski definition) is 1. The minimum Gasteiger partial charge on any atom is -0.396 e. The summed E-state index contributed by atoms with van der Waals surface area (Å²) in [6.45, 7) is 8.90. The summed E-state index contributed by atoms with van der Waals surface area (Å²) in [6, 6.07) is 0. The Hall–Kier alpha value is -0.770. The molecule has 2 aliphatic rings. The maximum atomic E-state index is 13.1. The highest BCUT2D eigenvalue weighted by Crippen LogP contribution is 2.62. The van der Waals surface area contributed by atoms with Crippen LogP contribution in [0.2, 0.25) is 0 Å². The second kappa shape index (κ2) is 7.63. The van der Waals surface area contributed by atoms with Gasteiger partial charge in [-0.1, -0.05) is 47.0 Å². The number of nitrogens with zero attached hydrogens (tertiary/aromatic N) is 2. The van der Waals surface area contributed by atoms with Crippen LogP contribution >= 0.6 is 0 Å². The Labute approximate surface area is 147 Å². The minimum absolute atomic E-state index is 0.0258. The lowest BCUT2D eigenvalue weighted by Crippen LogP contribution is -2.57. The fourth-order valence-electron chi connectivity index (χ4n) is 6.25. The topological polar surface area (TPSA) is 52.7 Å². The standard InChI is InChI=1S/C20H37N2O2/c1-5-18(6-2)16-21-22(24)20(7-3,8-4)17(12-15-23)19(18)13-10-9-11-14-19/h16-17,23H,5-15H2,1-4H3/q+1. The van der Waals surface area contributed by atoms with Crippen LogP contribution in [0.25, 0.3) is 0 Å². The molecule has 138 valence electrons. The third-order valence-corrected chi connectivity index (χ3v) is 7.75. The molecule has 0 aromatic heterocycles. The molecule has 2 rings (SSSR count). The van der Waals surface area contributed by atoms with Gasteiger partial charge in [-0.3, -0.25) is 0 Å². The molecular weight excluding hydrogens is 300 g/mol. The van der Waals surface area contributed by atoms with E-state index in [2.05, 4.69) is 32.8 Å². The Balaban J connectivity index is 2.71. The lowest BCUT2D eigenvalue weighted by atomic mass is 9.46. The maximum absolute atomic E-state index is 13.1. The first-order chi connectivity index (χ1) is 11.5. The van der Waals surface area contributed by atoms with Gasteiger partial charge in [-0.2, -0.15) is 0 Å². The van der Waals surface area contributed by atoms with Crippen molar-refractivity contribution < 1.29 is 9.98 Å². The first-order valence-electron chi connectivity index (χ1n) is 10.2. The number of hydrazone groups is 1. The second-order valence-corrected chi connectivity index (χ2v) is 7.97. The summed E-state index contributed by atoms with van der Waals surface area (Å²) in [5.74, 6) is 0.199. The summed E-state index contributed by atoms with van der Waals surface area (Å²) in [5.41, 5.74) is -0.420. The molecule has 0 saturated heterocycles. The van der Waals surface area contributed by atoms with E-state index in [9.17, 15) is 10.0 Å². The van der Waals surface area contributed by atoms with Crippen molar-refractivity contribution in [3.63, 3.8) is 0 Å². The molecule has 1 atom stereocenters. The zero-order chi connectivity index (χ0) is 17.8. The van der Waals surface area contributed by atoms with Crippen molar-refractivity contribution in [2.75, 3.05) is 6.61 Å². The van der Waals surface area contributed by atoms with E-state index < -0.39 is 5.54 Å². The van der Waals surface area contributed by atoms with Crippen molar-refractivity contribution in [2.45, 2.75) is 97.4 Å². The molecule has 1 spiro atoms. The van der Waals surface area contributed by atoms with Gasteiger partial charge < -0.3 is 5.11 Å². The van der Waals surface area contributed by atoms with Crippen LogP contribution in [0.4, 0.5) is 0 Å². The van der Waals surface area contributed by atoms with Gasteiger partial charge in [0.05, 0.1) is 11.1 Å². The molecule has 4 heteroatoms. The van der Waals surface area contributed by atoms with Crippen LogP contribution in [-0.4, -0.2) is 28.3 Å². The molecule has 4 nitrogen and oxygen atoms in total. The number of hydrogen-bond acceptors (Lipinski definition) is 2. The van der Waals surface area contributed by atoms with Crippen LogP contribution in [0, 0.1) is 21.7 Å². The fraction of sp³-hybridized carbons (Fsp3) is 0.950. The predicted molar refractivity (Wildman–Crippen MR) is 99.2 cm³/mol. The molecular formula is C20H37N2O2+. The average Bonchev–Trinajstić information content (AvgIpc) is 2.70. The van der Waals surface area contributed by atoms with Gasteiger partial charge >= 0.3 is 0 Å². The molecule has 0 amide bonds. The van der Waals surface area contributed by atoms with E-state index in [4.69, 9.17) is 0 Å². The summed E-state index contributed by atoms with van der Waals surface area (Å²) < 4.78 is 0. The van der Waals surface area contributed by atoms with Crippen LogP contribution in [0.1, 0.15) is 91.9 Å². The van der Waals surface area contributed by atoms with Gasteiger partial charge in [0.25, 0.3) is 0 Å². The van der Waals surface area contributed by atoms with E-state index in [0.29, 0.717) is 6.42 Å². The zero-order valence-electron chi connectivity index (χ0n) is 16.2. The predicted octanol–water partition coefficient (Wildman–Crippen LogP) is 5.08. The molecule has 0 bridgehead atoms. The van der Waals surface area contributed by atoms with Gasteiger partial charge in [0.2, 0.25) is 5.54 Å². The van der Waals surface area contributed by atoms with Crippen molar-refractivity contribution in [1.29, 1.82) is 0 Å². The quantitative estimate of drug-likeness (QED) is 0.687. The first kappa shape index (κ1) is 19.6. The van der Waals surface area contributed by atoms with E-state index in [1.807, 2.05) is 6.21 Å². The third-order valence-electron chi connectivity index (χ3n) is 7.75. The van der Waals surface area contributed by atoms with Gasteiger partial charge in [0.1, 0.15) is 0 Å². The normalized spacial score (nSPS) is 28.0.